The SMILES string of the molecule is CCC[C@@H](Cc1ccc(O)cc1)C(=O)N[C@H](Cc1ccccc1)C(=O)N[C@@H](CCCN=C(N)N)C(=O)N[C@@H](Cc1c[nH]c2ccccc12)C(=O)N(C)Cc1ccccc1. The Hall–Kier alpha value is -6.63. The molecule has 1 aromatic heterocycles. The monoisotopic (exact) mass is 800 g/mol. The van der Waals surface area contributed by atoms with Gasteiger partial charge in [0.25, 0.3) is 0 Å². The smallest absolute Gasteiger partial charge is 0.245 e. The van der Waals surface area contributed by atoms with Crippen molar-refractivity contribution in [1.82, 2.24) is 25.8 Å². The van der Waals surface area contributed by atoms with E-state index in [2.05, 4.69) is 25.9 Å². The molecule has 0 saturated heterocycles. The van der Waals surface area contributed by atoms with Crippen LogP contribution in [0.25, 0.3) is 10.9 Å². The van der Waals surface area contributed by atoms with Crippen molar-refractivity contribution in [2.24, 2.45) is 22.4 Å². The maximum absolute atomic E-state index is 14.4. The number of aromatic nitrogens is 1. The summed E-state index contributed by atoms with van der Waals surface area (Å²) in [5.74, 6) is -2.12. The predicted molar refractivity (Wildman–Crippen MR) is 231 cm³/mol. The highest BCUT2D eigenvalue weighted by molar-refractivity contribution is 5.95. The summed E-state index contributed by atoms with van der Waals surface area (Å²) in [4.78, 5) is 65.9. The van der Waals surface area contributed by atoms with Crippen LogP contribution in [0.1, 0.15) is 54.9 Å². The van der Waals surface area contributed by atoms with Gasteiger partial charge < -0.3 is 42.4 Å². The molecule has 9 N–H and O–H groups in total. The average molecular weight is 801 g/mol. The summed E-state index contributed by atoms with van der Waals surface area (Å²) in [5.41, 5.74) is 15.5. The second-order valence-electron chi connectivity index (χ2n) is 14.9. The largest absolute Gasteiger partial charge is 0.508 e. The number of fused-ring (bicyclic) bond motifs is 1. The Morgan fingerprint density at radius 2 is 1.29 bits per heavy atom. The Kier molecular flexibility index (Phi) is 16.0. The molecular weight excluding hydrogens is 745 g/mol. The number of H-pyrrole nitrogens is 1. The molecule has 1 heterocycles. The molecule has 5 aromatic rings. The number of amides is 4. The van der Waals surface area contributed by atoms with Crippen molar-refractivity contribution in [3.63, 3.8) is 0 Å². The third kappa shape index (κ3) is 13.2. The highest BCUT2D eigenvalue weighted by atomic mass is 16.3. The number of benzene rings is 4. The van der Waals surface area contributed by atoms with E-state index in [1.54, 1.807) is 36.2 Å². The number of hydrogen-bond acceptors (Lipinski definition) is 6. The molecule has 5 rings (SSSR count). The highest BCUT2D eigenvalue weighted by Crippen LogP contribution is 2.21. The molecule has 0 bridgehead atoms. The quantitative estimate of drug-likeness (QED) is 0.0321. The molecule has 13 heteroatoms. The van der Waals surface area contributed by atoms with Gasteiger partial charge in [-0.3, -0.25) is 24.2 Å². The van der Waals surface area contributed by atoms with Crippen molar-refractivity contribution in [2.45, 2.75) is 76.5 Å². The lowest BCUT2D eigenvalue weighted by molar-refractivity contribution is -0.137. The van der Waals surface area contributed by atoms with E-state index >= 15 is 0 Å². The summed E-state index contributed by atoms with van der Waals surface area (Å²) in [6.45, 7) is 2.53. The average Bonchev–Trinajstić information content (AvgIpc) is 3.64. The first-order valence-electron chi connectivity index (χ1n) is 20.1. The van der Waals surface area contributed by atoms with Gasteiger partial charge in [-0.1, -0.05) is 104 Å². The van der Waals surface area contributed by atoms with Crippen molar-refractivity contribution in [3.05, 3.63) is 138 Å². The Morgan fingerprint density at radius 3 is 1.97 bits per heavy atom. The lowest BCUT2D eigenvalue weighted by atomic mass is 9.93. The molecule has 0 unspecified atom stereocenters. The first kappa shape index (κ1) is 43.5. The van der Waals surface area contributed by atoms with Crippen LogP contribution in [0.5, 0.6) is 5.75 Å². The van der Waals surface area contributed by atoms with Crippen LogP contribution in [0, 0.1) is 5.92 Å². The molecule has 0 aliphatic carbocycles. The van der Waals surface area contributed by atoms with Crippen LogP contribution in [0.15, 0.2) is 120 Å². The van der Waals surface area contributed by atoms with Gasteiger partial charge in [-0.25, -0.2) is 0 Å². The van der Waals surface area contributed by atoms with Gasteiger partial charge in [0.15, 0.2) is 5.96 Å². The number of carbonyl (C=O) groups is 4. The first-order chi connectivity index (χ1) is 28.5. The number of aromatic hydroxyl groups is 1. The number of phenolic OH excluding ortho intramolecular Hbond substituents is 1. The van der Waals surface area contributed by atoms with Crippen molar-refractivity contribution in [2.75, 3.05) is 13.6 Å². The molecule has 0 aliphatic rings. The summed E-state index contributed by atoms with van der Waals surface area (Å²) in [6.07, 6.45) is 4.42. The number of nitrogens with two attached hydrogens (primary N) is 2. The van der Waals surface area contributed by atoms with E-state index in [1.165, 1.54) is 0 Å². The first-order valence-corrected chi connectivity index (χ1v) is 20.1. The fraction of sp³-hybridized carbons (Fsp3) is 0.326. The molecule has 0 saturated carbocycles. The van der Waals surface area contributed by atoms with Gasteiger partial charge in [0.1, 0.15) is 23.9 Å². The number of carbonyl (C=O) groups excluding carboxylic acids is 4. The number of nitrogens with one attached hydrogen (secondary N) is 4. The minimum atomic E-state index is -1.10. The zero-order valence-electron chi connectivity index (χ0n) is 33.8. The summed E-state index contributed by atoms with van der Waals surface area (Å²) in [6, 6.07) is 30.3. The lowest BCUT2D eigenvalue weighted by Gasteiger charge is -2.28. The molecular formula is C46H56N8O5. The maximum Gasteiger partial charge on any atom is 0.245 e. The predicted octanol–water partition coefficient (Wildman–Crippen LogP) is 4.48. The lowest BCUT2D eigenvalue weighted by Crippen LogP contribution is -2.58. The minimum absolute atomic E-state index is 0.0968. The zero-order chi connectivity index (χ0) is 42.1. The van der Waals surface area contributed by atoms with Crippen molar-refractivity contribution < 1.29 is 24.3 Å². The summed E-state index contributed by atoms with van der Waals surface area (Å²) in [5, 5.41) is 19.6. The summed E-state index contributed by atoms with van der Waals surface area (Å²) < 4.78 is 0. The van der Waals surface area contributed by atoms with E-state index in [9.17, 15) is 24.3 Å². The normalized spacial score (nSPS) is 13.1. The topological polar surface area (TPSA) is 208 Å². The Morgan fingerprint density at radius 1 is 0.695 bits per heavy atom. The van der Waals surface area contributed by atoms with Crippen LogP contribution < -0.4 is 27.4 Å². The fourth-order valence-corrected chi connectivity index (χ4v) is 7.18. The van der Waals surface area contributed by atoms with Crippen LogP contribution in [-0.2, 0) is 45.0 Å². The van der Waals surface area contributed by atoms with Gasteiger partial charge in [0.2, 0.25) is 23.6 Å². The van der Waals surface area contributed by atoms with Crippen molar-refractivity contribution in [3.8, 4) is 5.75 Å². The van der Waals surface area contributed by atoms with E-state index in [1.807, 2.05) is 98.0 Å². The number of guanidine groups is 1. The third-order valence-electron chi connectivity index (χ3n) is 10.3. The molecule has 59 heavy (non-hydrogen) atoms. The third-order valence-corrected chi connectivity index (χ3v) is 10.3. The van der Waals surface area contributed by atoms with Crippen LogP contribution in [0.2, 0.25) is 0 Å². The van der Waals surface area contributed by atoms with Crippen LogP contribution in [-0.4, -0.2) is 76.3 Å². The number of para-hydroxylation sites is 1. The molecule has 4 atom stereocenters. The molecule has 0 aliphatic heterocycles. The van der Waals surface area contributed by atoms with Crippen LogP contribution >= 0.6 is 0 Å². The summed E-state index contributed by atoms with van der Waals surface area (Å²) >= 11 is 0. The number of likely N-dealkylation sites (N-methyl/N-ethyl adjacent to an activating group) is 1. The van der Waals surface area contributed by atoms with Gasteiger partial charge in [-0.2, -0.15) is 0 Å². The number of aliphatic imine (C=N–C) groups is 1. The Balaban J connectivity index is 1.40. The Bertz CT molecular complexity index is 2150. The van der Waals surface area contributed by atoms with Crippen molar-refractivity contribution >= 4 is 40.5 Å². The van der Waals surface area contributed by atoms with E-state index in [4.69, 9.17) is 11.5 Å². The van der Waals surface area contributed by atoms with Gasteiger partial charge in [-0.15, -0.1) is 0 Å². The highest BCUT2D eigenvalue weighted by Gasteiger charge is 2.32. The fourth-order valence-electron chi connectivity index (χ4n) is 7.18. The number of aromatic amines is 1. The van der Waals surface area contributed by atoms with Gasteiger partial charge >= 0.3 is 0 Å². The second kappa shape index (κ2) is 21.8. The molecule has 13 nitrogen and oxygen atoms in total. The molecule has 0 fully saturated rings. The summed E-state index contributed by atoms with van der Waals surface area (Å²) in [7, 11) is 1.70. The molecule has 0 spiro atoms. The van der Waals surface area contributed by atoms with Gasteiger partial charge in [0.05, 0.1) is 0 Å². The second-order valence-corrected chi connectivity index (χ2v) is 14.9. The zero-order valence-corrected chi connectivity index (χ0v) is 33.8. The molecule has 4 aromatic carbocycles. The van der Waals surface area contributed by atoms with E-state index in [0.717, 1.165) is 39.6 Å². The molecule has 4 amide bonds. The molecule has 310 valence electrons. The maximum atomic E-state index is 14.4. The number of nitrogens with zero attached hydrogens (tertiary/aromatic N) is 2. The standard InChI is InChI=1S/C46H56N8O5/c1-3-13-34(26-32-21-23-36(55)24-22-32)42(56)52-40(27-31-14-6-4-7-15-31)44(58)51-39(20-12-25-49-46(47)48)43(57)53-41(28-35-29-50-38-19-11-10-18-37(35)38)45(59)54(2)30-33-16-8-5-9-17-33/h4-11,14-19,21-24,29,34,39-41,50,55H,3,12-13,20,25-28,30H2,1-2H3,(H,51,58)(H,52,56)(H,53,57)(H4,47,48,49)/t34-,39-,40+,41-/m0/s1. The van der Waals surface area contributed by atoms with Crippen LogP contribution in [0.3, 0.4) is 0 Å². The van der Waals surface area contributed by atoms with E-state index in [0.29, 0.717) is 25.8 Å². The minimum Gasteiger partial charge on any atom is -0.508 e. The van der Waals surface area contributed by atoms with Crippen molar-refractivity contribution in [1.29, 1.82) is 0 Å². The number of rotatable bonds is 21. The Labute approximate surface area is 345 Å². The molecule has 0 radical (unpaired) electrons. The van der Waals surface area contributed by atoms with Crippen LogP contribution in [0.4, 0.5) is 0 Å². The number of hydrogen-bond donors (Lipinski definition) is 7. The number of phenols is 1. The van der Waals surface area contributed by atoms with Gasteiger partial charge in [-0.05, 0) is 66.1 Å². The van der Waals surface area contributed by atoms with E-state index < -0.39 is 35.9 Å². The van der Waals surface area contributed by atoms with Gasteiger partial charge in [0, 0.05) is 56.0 Å². The van der Waals surface area contributed by atoms with E-state index in [-0.39, 0.29) is 49.3 Å².